The molecule has 4 N–H and O–H groups in total. The fourth-order valence-corrected chi connectivity index (χ4v) is 2.37. The highest BCUT2D eigenvalue weighted by Crippen LogP contribution is 2.12. The van der Waals surface area contributed by atoms with E-state index in [1.165, 1.54) is 25.1 Å². The van der Waals surface area contributed by atoms with Gasteiger partial charge in [-0.15, -0.1) is 0 Å². The smallest absolute Gasteiger partial charge is 0.326 e. The van der Waals surface area contributed by atoms with Crippen molar-refractivity contribution in [3.05, 3.63) is 71.4 Å². The van der Waals surface area contributed by atoms with Gasteiger partial charge in [0.05, 0.1) is 0 Å². The average Bonchev–Trinajstić information content (AvgIpc) is 2.62. The van der Waals surface area contributed by atoms with Gasteiger partial charge in [0, 0.05) is 13.3 Å². The van der Waals surface area contributed by atoms with Gasteiger partial charge in [-0.2, -0.15) is 0 Å². The molecule has 2 rings (SSSR count). The molecule has 0 bridgehead atoms. The molecule has 2 amide bonds. The Morgan fingerprint density at radius 1 is 1.04 bits per heavy atom. The summed E-state index contributed by atoms with van der Waals surface area (Å²) in [6.07, 6.45) is 1.50. The van der Waals surface area contributed by atoms with E-state index in [4.69, 9.17) is 0 Å². The van der Waals surface area contributed by atoms with Gasteiger partial charge < -0.3 is 20.8 Å². The molecule has 27 heavy (non-hydrogen) atoms. The number of carboxylic acids is 1. The maximum Gasteiger partial charge on any atom is 0.326 e. The lowest BCUT2D eigenvalue weighted by atomic mass is 10.1. The van der Waals surface area contributed by atoms with E-state index in [-0.39, 0.29) is 17.9 Å². The number of rotatable bonds is 7. The lowest BCUT2D eigenvalue weighted by Crippen LogP contribution is -2.45. The summed E-state index contributed by atoms with van der Waals surface area (Å²) in [4.78, 5) is 35.5. The molecule has 0 saturated heterocycles. The Morgan fingerprint density at radius 2 is 1.67 bits per heavy atom. The second-order valence-corrected chi connectivity index (χ2v) is 5.88. The van der Waals surface area contributed by atoms with Gasteiger partial charge in [-0.25, -0.2) is 4.79 Å². The first-order chi connectivity index (χ1) is 12.8. The Bertz CT molecular complexity index is 844. The number of aliphatic carboxylic acids is 1. The van der Waals surface area contributed by atoms with E-state index >= 15 is 0 Å². The van der Waals surface area contributed by atoms with Gasteiger partial charge in [-0.05, 0) is 29.3 Å². The quantitative estimate of drug-likeness (QED) is 0.555. The van der Waals surface area contributed by atoms with Crippen molar-refractivity contribution in [2.24, 2.45) is 0 Å². The summed E-state index contributed by atoms with van der Waals surface area (Å²) in [6, 6.07) is 13.7. The third-order valence-electron chi connectivity index (χ3n) is 3.65. The zero-order valence-corrected chi connectivity index (χ0v) is 14.7. The Labute approximate surface area is 156 Å². The summed E-state index contributed by atoms with van der Waals surface area (Å²) in [5.41, 5.74) is 1.26. The number of carbonyl (C=O) groups excluding carboxylic acids is 2. The molecule has 0 spiro atoms. The minimum Gasteiger partial charge on any atom is -0.508 e. The van der Waals surface area contributed by atoms with Crippen LogP contribution in [-0.4, -0.2) is 34.0 Å². The molecular formula is C20H20N2O5. The van der Waals surface area contributed by atoms with Crippen molar-refractivity contribution in [2.45, 2.75) is 19.4 Å². The molecule has 0 radical (unpaired) electrons. The second kappa shape index (κ2) is 9.19. The van der Waals surface area contributed by atoms with Crippen LogP contribution in [-0.2, 0) is 20.8 Å². The highest BCUT2D eigenvalue weighted by molar-refractivity contribution is 6.02. The first kappa shape index (κ1) is 19.7. The molecule has 1 atom stereocenters. The molecule has 2 aromatic rings. The first-order valence-corrected chi connectivity index (χ1v) is 8.21. The van der Waals surface area contributed by atoms with Crippen molar-refractivity contribution in [3.63, 3.8) is 0 Å². The third-order valence-corrected chi connectivity index (χ3v) is 3.65. The Hall–Kier alpha value is -3.61. The maximum absolute atomic E-state index is 12.5. The molecule has 7 heteroatoms. The van der Waals surface area contributed by atoms with E-state index in [0.717, 1.165) is 0 Å². The number of aromatic hydroxyl groups is 1. The number of amides is 2. The standard InChI is InChI=1S/C20H20N2O5/c1-13(23)21-17(11-14-5-3-2-4-6-14)19(25)22-18(20(26)27)12-15-7-9-16(24)10-8-15/h2-11,18,24H,12H2,1H3,(H,21,23)(H,22,25)(H,26,27)/b17-11-. The monoisotopic (exact) mass is 368 g/mol. The Morgan fingerprint density at radius 3 is 2.22 bits per heavy atom. The molecule has 0 aliphatic rings. The van der Waals surface area contributed by atoms with Crippen LogP contribution in [0.5, 0.6) is 5.75 Å². The Balaban J connectivity index is 2.19. The van der Waals surface area contributed by atoms with Crippen molar-refractivity contribution in [1.29, 1.82) is 0 Å². The van der Waals surface area contributed by atoms with E-state index in [1.807, 2.05) is 6.07 Å². The van der Waals surface area contributed by atoms with E-state index in [0.29, 0.717) is 11.1 Å². The highest BCUT2D eigenvalue weighted by atomic mass is 16.4. The molecule has 0 aliphatic heterocycles. The van der Waals surface area contributed by atoms with Crippen LogP contribution < -0.4 is 10.6 Å². The molecule has 1 unspecified atom stereocenters. The van der Waals surface area contributed by atoms with Crippen molar-refractivity contribution in [2.75, 3.05) is 0 Å². The van der Waals surface area contributed by atoms with Crippen LogP contribution in [0.4, 0.5) is 0 Å². The average molecular weight is 368 g/mol. The van der Waals surface area contributed by atoms with E-state index in [2.05, 4.69) is 10.6 Å². The number of hydrogen-bond acceptors (Lipinski definition) is 4. The third kappa shape index (κ3) is 6.32. The van der Waals surface area contributed by atoms with E-state index in [1.54, 1.807) is 36.4 Å². The molecule has 0 fully saturated rings. The van der Waals surface area contributed by atoms with Crippen LogP contribution >= 0.6 is 0 Å². The van der Waals surface area contributed by atoms with Gasteiger partial charge in [0.2, 0.25) is 5.91 Å². The number of hydrogen-bond donors (Lipinski definition) is 4. The fraction of sp³-hybridized carbons (Fsp3) is 0.150. The lowest BCUT2D eigenvalue weighted by Gasteiger charge is -2.16. The molecular weight excluding hydrogens is 348 g/mol. The lowest BCUT2D eigenvalue weighted by molar-refractivity contribution is -0.141. The van der Waals surface area contributed by atoms with Gasteiger partial charge in [0.1, 0.15) is 17.5 Å². The fourth-order valence-electron chi connectivity index (χ4n) is 2.37. The summed E-state index contributed by atoms with van der Waals surface area (Å²) in [6.45, 7) is 1.26. The van der Waals surface area contributed by atoms with Crippen LogP contribution in [0.25, 0.3) is 6.08 Å². The zero-order valence-electron chi connectivity index (χ0n) is 14.7. The van der Waals surface area contributed by atoms with Gasteiger partial charge in [0.25, 0.3) is 5.91 Å². The Kier molecular flexibility index (Phi) is 6.71. The van der Waals surface area contributed by atoms with Gasteiger partial charge in [0.15, 0.2) is 0 Å². The number of phenols is 1. The van der Waals surface area contributed by atoms with Crippen molar-refractivity contribution in [3.8, 4) is 5.75 Å². The molecule has 0 aromatic heterocycles. The molecule has 0 heterocycles. The summed E-state index contributed by atoms with van der Waals surface area (Å²) < 4.78 is 0. The van der Waals surface area contributed by atoms with Gasteiger partial charge in [-0.1, -0.05) is 42.5 Å². The SMILES string of the molecule is CC(=O)N/C(=C\c1ccccc1)C(=O)NC(Cc1ccc(O)cc1)C(=O)O. The summed E-state index contributed by atoms with van der Waals surface area (Å²) in [7, 11) is 0. The molecule has 7 nitrogen and oxygen atoms in total. The van der Waals surface area contributed by atoms with E-state index in [9.17, 15) is 24.6 Å². The molecule has 0 aliphatic carbocycles. The minimum absolute atomic E-state index is 0.0278. The zero-order chi connectivity index (χ0) is 19.8. The number of benzene rings is 2. The minimum atomic E-state index is -1.21. The molecule has 0 saturated carbocycles. The first-order valence-electron chi connectivity index (χ1n) is 8.21. The number of nitrogens with one attached hydrogen (secondary N) is 2. The predicted octanol–water partition coefficient (Wildman–Crippen LogP) is 1.68. The van der Waals surface area contributed by atoms with Crippen LogP contribution in [0.1, 0.15) is 18.1 Å². The molecule has 140 valence electrons. The summed E-state index contributed by atoms with van der Waals surface area (Å²) in [5.74, 6) is -2.30. The molecule has 2 aromatic carbocycles. The van der Waals surface area contributed by atoms with Crippen LogP contribution in [0, 0.1) is 0 Å². The van der Waals surface area contributed by atoms with Gasteiger partial charge >= 0.3 is 5.97 Å². The van der Waals surface area contributed by atoms with Crippen LogP contribution in [0.2, 0.25) is 0 Å². The van der Waals surface area contributed by atoms with E-state index < -0.39 is 23.8 Å². The van der Waals surface area contributed by atoms with Crippen LogP contribution in [0.3, 0.4) is 0 Å². The number of phenolic OH excluding ortho intramolecular Hbond substituents is 1. The summed E-state index contributed by atoms with van der Waals surface area (Å²) >= 11 is 0. The van der Waals surface area contributed by atoms with Gasteiger partial charge in [-0.3, -0.25) is 9.59 Å². The maximum atomic E-state index is 12.5. The number of carbonyl (C=O) groups is 3. The highest BCUT2D eigenvalue weighted by Gasteiger charge is 2.22. The van der Waals surface area contributed by atoms with Crippen LogP contribution in [0.15, 0.2) is 60.3 Å². The number of carboxylic acid groups (broad SMARTS) is 1. The predicted molar refractivity (Wildman–Crippen MR) is 99.6 cm³/mol. The summed E-state index contributed by atoms with van der Waals surface area (Å²) in [5, 5.41) is 23.6. The normalized spacial score (nSPS) is 12.1. The van der Waals surface area contributed by atoms with Crippen molar-refractivity contribution < 1.29 is 24.6 Å². The largest absolute Gasteiger partial charge is 0.508 e. The van der Waals surface area contributed by atoms with Crippen molar-refractivity contribution in [1.82, 2.24) is 10.6 Å². The van der Waals surface area contributed by atoms with Crippen molar-refractivity contribution >= 4 is 23.9 Å². The topological polar surface area (TPSA) is 116 Å². The second-order valence-electron chi connectivity index (χ2n) is 5.88.